The van der Waals surface area contributed by atoms with Gasteiger partial charge in [-0.1, -0.05) is 28.9 Å². The molecule has 0 unspecified atom stereocenters. The van der Waals surface area contributed by atoms with E-state index in [1.165, 1.54) is 18.2 Å². The molecule has 3 rings (SSSR count). The number of aromatic nitrogens is 2. The van der Waals surface area contributed by atoms with Gasteiger partial charge in [-0.2, -0.15) is 4.98 Å². The van der Waals surface area contributed by atoms with Gasteiger partial charge in [-0.05, 0) is 39.0 Å². The predicted molar refractivity (Wildman–Crippen MR) is 103 cm³/mol. The molecule has 8 heteroatoms. The fraction of sp³-hybridized carbons (Fsp3) is 0.250. The molecule has 0 radical (unpaired) electrons. The van der Waals surface area contributed by atoms with Crippen LogP contribution in [-0.2, 0) is 6.54 Å². The largest absolute Gasteiger partial charge is 0.337 e. The molecule has 2 aromatic carbocycles. The minimum atomic E-state index is -0.466. The van der Waals surface area contributed by atoms with Crippen molar-refractivity contribution in [2.24, 2.45) is 0 Å². The number of benzene rings is 2. The smallest absolute Gasteiger partial charge is 0.272 e. The Morgan fingerprint density at radius 1 is 1.21 bits per heavy atom. The Bertz CT molecular complexity index is 1030. The maximum atomic E-state index is 12.8. The minimum Gasteiger partial charge on any atom is -0.337 e. The second-order valence-electron chi connectivity index (χ2n) is 6.46. The third kappa shape index (κ3) is 4.06. The fourth-order valence-corrected chi connectivity index (χ4v) is 2.89. The van der Waals surface area contributed by atoms with Gasteiger partial charge in [0.15, 0.2) is 0 Å². The van der Waals surface area contributed by atoms with E-state index < -0.39 is 4.92 Å². The molecule has 0 aliphatic heterocycles. The molecule has 0 fully saturated rings. The Morgan fingerprint density at radius 3 is 2.64 bits per heavy atom. The molecule has 0 N–H and O–H groups in total. The van der Waals surface area contributed by atoms with Crippen molar-refractivity contribution in [2.45, 2.75) is 27.3 Å². The maximum Gasteiger partial charge on any atom is 0.272 e. The lowest BCUT2D eigenvalue weighted by Crippen LogP contribution is -2.30. The van der Waals surface area contributed by atoms with Crippen LogP contribution in [0, 0.1) is 24.0 Å². The van der Waals surface area contributed by atoms with Crippen molar-refractivity contribution in [3.8, 4) is 11.4 Å². The van der Waals surface area contributed by atoms with E-state index in [9.17, 15) is 14.9 Å². The first kappa shape index (κ1) is 19.2. The van der Waals surface area contributed by atoms with E-state index in [0.29, 0.717) is 29.4 Å². The highest BCUT2D eigenvalue weighted by Gasteiger charge is 2.20. The topological polar surface area (TPSA) is 102 Å². The number of carbonyl (C=O) groups is 1. The third-order valence-corrected chi connectivity index (χ3v) is 4.38. The van der Waals surface area contributed by atoms with Crippen LogP contribution in [0.25, 0.3) is 11.4 Å². The van der Waals surface area contributed by atoms with Gasteiger partial charge in [-0.25, -0.2) is 0 Å². The number of nitro groups is 1. The van der Waals surface area contributed by atoms with Crippen LogP contribution in [0.5, 0.6) is 0 Å². The lowest BCUT2D eigenvalue weighted by atomic mass is 10.1. The molecule has 0 saturated carbocycles. The van der Waals surface area contributed by atoms with Crippen molar-refractivity contribution < 1.29 is 14.2 Å². The summed E-state index contributed by atoms with van der Waals surface area (Å²) in [5.41, 5.74) is 2.73. The number of nitrogens with zero attached hydrogens (tertiary/aromatic N) is 4. The van der Waals surface area contributed by atoms with Crippen LogP contribution in [0.15, 0.2) is 47.0 Å². The van der Waals surface area contributed by atoms with Gasteiger partial charge >= 0.3 is 0 Å². The number of hydrogen-bond donors (Lipinski definition) is 0. The van der Waals surface area contributed by atoms with Gasteiger partial charge in [0.1, 0.15) is 6.54 Å². The molecule has 0 aliphatic rings. The van der Waals surface area contributed by atoms with E-state index in [0.717, 1.165) is 11.1 Å². The fourth-order valence-electron chi connectivity index (χ4n) is 2.89. The number of rotatable bonds is 6. The van der Waals surface area contributed by atoms with Crippen LogP contribution >= 0.6 is 0 Å². The Hall–Kier alpha value is -3.55. The monoisotopic (exact) mass is 380 g/mol. The number of aryl methyl sites for hydroxylation is 2. The summed E-state index contributed by atoms with van der Waals surface area (Å²) in [5, 5.41) is 15.0. The number of nitro benzene ring substituents is 1. The van der Waals surface area contributed by atoms with Crippen LogP contribution in [0.3, 0.4) is 0 Å². The molecule has 8 nitrogen and oxygen atoms in total. The first-order chi connectivity index (χ1) is 13.4. The number of amides is 1. The van der Waals surface area contributed by atoms with Crippen LogP contribution in [0.2, 0.25) is 0 Å². The van der Waals surface area contributed by atoms with E-state index in [4.69, 9.17) is 4.52 Å². The normalized spacial score (nSPS) is 10.7. The van der Waals surface area contributed by atoms with Crippen molar-refractivity contribution in [2.75, 3.05) is 6.54 Å². The molecule has 1 heterocycles. The molecule has 3 aromatic rings. The molecular weight excluding hydrogens is 360 g/mol. The molecule has 0 bridgehead atoms. The quantitative estimate of drug-likeness (QED) is 0.474. The Morgan fingerprint density at radius 2 is 2.00 bits per heavy atom. The van der Waals surface area contributed by atoms with Gasteiger partial charge in [0.05, 0.1) is 4.92 Å². The third-order valence-electron chi connectivity index (χ3n) is 4.38. The Balaban J connectivity index is 1.78. The van der Waals surface area contributed by atoms with Crippen molar-refractivity contribution in [3.63, 3.8) is 0 Å². The van der Waals surface area contributed by atoms with Crippen LogP contribution in [0.4, 0.5) is 5.69 Å². The van der Waals surface area contributed by atoms with Crippen LogP contribution in [0.1, 0.15) is 34.3 Å². The summed E-state index contributed by atoms with van der Waals surface area (Å²) in [6, 6.07) is 12.1. The summed E-state index contributed by atoms with van der Waals surface area (Å²) in [5.74, 6) is 0.537. The molecular formula is C20H20N4O4. The number of hydrogen-bond acceptors (Lipinski definition) is 6. The first-order valence-corrected chi connectivity index (χ1v) is 8.83. The van der Waals surface area contributed by atoms with E-state index in [1.807, 2.05) is 38.1 Å². The lowest BCUT2D eigenvalue weighted by Gasteiger charge is -2.19. The van der Waals surface area contributed by atoms with E-state index >= 15 is 0 Å². The van der Waals surface area contributed by atoms with Gasteiger partial charge in [0.2, 0.25) is 11.7 Å². The SMILES string of the molecule is CCN(Cc1nc(-c2cccc(C)c2)no1)C(=O)c1ccc([N+](=O)[O-])c(C)c1. The lowest BCUT2D eigenvalue weighted by molar-refractivity contribution is -0.385. The molecule has 0 aliphatic carbocycles. The first-order valence-electron chi connectivity index (χ1n) is 8.83. The second kappa shape index (κ2) is 7.99. The highest BCUT2D eigenvalue weighted by atomic mass is 16.6. The summed E-state index contributed by atoms with van der Waals surface area (Å²) < 4.78 is 5.31. The van der Waals surface area contributed by atoms with Gasteiger partial charge in [-0.15, -0.1) is 0 Å². The van der Waals surface area contributed by atoms with E-state index in [-0.39, 0.29) is 18.1 Å². The van der Waals surface area contributed by atoms with E-state index in [1.54, 1.807) is 11.8 Å². The van der Waals surface area contributed by atoms with Gasteiger partial charge in [-0.3, -0.25) is 14.9 Å². The highest BCUT2D eigenvalue weighted by Crippen LogP contribution is 2.21. The van der Waals surface area contributed by atoms with Gasteiger partial charge in [0, 0.05) is 29.3 Å². The highest BCUT2D eigenvalue weighted by molar-refractivity contribution is 5.94. The van der Waals surface area contributed by atoms with Gasteiger partial charge < -0.3 is 9.42 Å². The average molecular weight is 380 g/mol. The zero-order valence-electron chi connectivity index (χ0n) is 15.9. The molecule has 0 spiro atoms. The number of carbonyl (C=O) groups excluding carboxylic acids is 1. The summed E-state index contributed by atoms with van der Waals surface area (Å²) in [6.07, 6.45) is 0. The Labute approximate surface area is 161 Å². The molecule has 0 saturated heterocycles. The predicted octanol–water partition coefficient (Wildman–Crippen LogP) is 3.92. The zero-order chi connectivity index (χ0) is 20.3. The van der Waals surface area contributed by atoms with Gasteiger partial charge in [0.25, 0.3) is 11.6 Å². The van der Waals surface area contributed by atoms with Crippen molar-refractivity contribution in [1.82, 2.24) is 15.0 Å². The van der Waals surface area contributed by atoms with Crippen molar-refractivity contribution >= 4 is 11.6 Å². The summed E-state index contributed by atoms with van der Waals surface area (Å²) in [4.78, 5) is 29.2. The summed E-state index contributed by atoms with van der Waals surface area (Å²) >= 11 is 0. The molecule has 144 valence electrons. The van der Waals surface area contributed by atoms with E-state index in [2.05, 4.69) is 10.1 Å². The zero-order valence-corrected chi connectivity index (χ0v) is 15.9. The maximum absolute atomic E-state index is 12.8. The molecule has 1 amide bonds. The molecule has 1 aromatic heterocycles. The summed E-state index contributed by atoms with van der Waals surface area (Å²) in [6.45, 7) is 6.01. The molecule has 0 atom stereocenters. The second-order valence-corrected chi connectivity index (χ2v) is 6.46. The Kier molecular flexibility index (Phi) is 5.49. The van der Waals surface area contributed by atoms with Crippen LogP contribution < -0.4 is 0 Å². The van der Waals surface area contributed by atoms with Crippen molar-refractivity contribution in [1.29, 1.82) is 0 Å². The standard InChI is InChI=1S/C20H20N4O4/c1-4-23(20(25)16-8-9-17(24(26)27)14(3)11-16)12-18-21-19(22-28-18)15-7-5-6-13(2)10-15/h5-11H,4,12H2,1-3H3. The van der Waals surface area contributed by atoms with Crippen LogP contribution in [-0.4, -0.2) is 32.4 Å². The minimum absolute atomic E-state index is 0.0145. The summed E-state index contributed by atoms with van der Waals surface area (Å²) in [7, 11) is 0. The molecule has 28 heavy (non-hydrogen) atoms. The average Bonchev–Trinajstić information content (AvgIpc) is 3.14. The van der Waals surface area contributed by atoms with Crippen molar-refractivity contribution in [3.05, 3.63) is 75.2 Å².